The maximum atomic E-state index is 12.0. The third-order valence-electron chi connectivity index (χ3n) is 3.95. The second-order valence-electron chi connectivity index (χ2n) is 5.68. The van der Waals surface area contributed by atoms with Gasteiger partial charge in [0.2, 0.25) is 0 Å². The van der Waals surface area contributed by atoms with Crippen LogP contribution in [0.2, 0.25) is 0 Å². The lowest BCUT2D eigenvalue weighted by Crippen LogP contribution is -2.49. The van der Waals surface area contributed by atoms with Crippen molar-refractivity contribution in [2.45, 2.75) is 13.3 Å². The van der Waals surface area contributed by atoms with Gasteiger partial charge in [-0.15, -0.1) is 0 Å². The summed E-state index contributed by atoms with van der Waals surface area (Å²) in [4.78, 5) is 31.9. The number of nitrogens with one attached hydrogen (secondary N) is 1. The summed E-state index contributed by atoms with van der Waals surface area (Å²) in [5.74, 6) is 0.668. The first-order valence-corrected chi connectivity index (χ1v) is 8.55. The third-order valence-corrected chi connectivity index (χ3v) is 3.95. The van der Waals surface area contributed by atoms with E-state index in [-0.39, 0.29) is 12.0 Å². The van der Waals surface area contributed by atoms with Gasteiger partial charge in [-0.25, -0.2) is 9.78 Å². The van der Waals surface area contributed by atoms with E-state index in [9.17, 15) is 9.59 Å². The fraction of sp³-hybridized carbons (Fsp3) is 0.588. The number of ether oxygens (including phenoxy) is 2. The van der Waals surface area contributed by atoms with Gasteiger partial charge in [0.05, 0.1) is 12.2 Å². The van der Waals surface area contributed by atoms with Gasteiger partial charge in [0, 0.05) is 52.6 Å². The van der Waals surface area contributed by atoms with E-state index in [2.05, 4.69) is 15.2 Å². The van der Waals surface area contributed by atoms with Crippen molar-refractivity contribution in [3.63, 3.8) is 0 Å². The summed E-state index contributed by atoms with van der Waals surface area (Å²) in [6.07, 6.45) is 2.09. The van der Waals surface area contributed by atoms with Crippen molar-refractivity contribution in [3.8, 4) is 0 Å². The molecule has 0 aromatic carbocycles. The minimum atomic E-state index is -0.268. The van der Waals surface area contributed by atoms with E-state index >= 15 is 0 Å². The highest BCUT2D eigenvalue weighted by atomic mass is 16.6. The lowest BCUT2D eigenvalue weighted by molar-refractivity contribution is 0.0947. The van der Waals surface area contributed by atoms with Crippen molar-refractivity contribution >= 4 is 17.8 Å². The SMILES string of the molecule is CCOC(=O)N1CCN(c2ccc(C(=O)NCCCOC)cn2)CC1. The van der Waals surface area contributed by atoms with E-state index in [1.807, 2.05) is 6.07 Å². The van der Waals surface area contributed by atoms with Crippen molar-refractivity contribution in [1.29, 1.82) is 0 Å². The number of amides is 2. The van der Waals surface area contributed by atoms with Crippen LogP contribution in [0.4, 0.5) is 10.6 Å². The summed E-state index contributed by atoms with van der Waals surface area (Å²) in [5.41, 5.74) is 0.534. The van der Waals surface area contributed by atoms with Crippen molar-refractivity contribution in [2.75, 3.05) is 57.9 Å². The Kier molecular flexibility index (Phi) is 7.46. The number of hydrogen-bond acceptors (Lipinski definition) is 6. The molecular formula is C17H26N4O4. The lowest BCUT2D eigenvalue weighted by atomic mass is 10.2. The number of rotatable bonds is 7. The van der Waals surface area contributed by atoms with Crippen LogP contribution in [0.1, 0.15) is 23.7 Å². The van der Waals surface area contributed by atoms with Crippen LogP contribution in [-0.4, -0.2) is 74.9 Å². The Bertz CT molecular complexity index is 556. The summed E-state index contributed by atoms with van der Waals surface area (Å²) in [6, 6.07) is 3.61. The highest BCUT2D eigenvalue weighted by molar-refractivity contribution is 5.94. The first kappa shape index (κ1) is 19.0. The van der Waals surface area contributed by atoms with E-state index in [4.69, 9.17) is 9.47 Å². The number of anilines is 1. The average molecular weight is 350 g/mol. The van der Waals surface area contributed by atoms with E-state index in [0.29, 0.717) is 51.5 Å². The molecule has 0 unspecified atom stereocenters. The number of carbonyl (C=O) groups is 2. The number of aromatic nitrogens is 1. The molecule has 2 heterocycles. The summed E-state index contributed by atoms with van der Waals surface area (Å²) < 4.78 is 9.96. The molecule has 0 radical (unpaired) electrons. The molecule has 8 heteroatoms. The molecule has 2 amide bonds. The van der Waals surface area contributed by atoms with Crippen LogP contribution < -0.4 is 10.2 Å². The number of piperazine rings is 1. The molecule has 1 aliphatic rings. The Hall–Kier alpha value is -2.35. The molecule has 1 fully saturated rings. The van der Waals surface area contributed by atoms with Crippen LogP contribution in [0.3, 0.4) is 0 Å². The molecule has 0 spiro atoms. The summed E-state index contributed by atoms with van der Waals surface area (Å²) >= 11 is 0. The van der Waals surface area contributed by atoms with E-state index in [1.165, 1.54) is 0 Å². The maximum Gasteiger partial charge on any atom is 0.409 e. The van der Waals surface area contributed by atoms with Gasteiger partial charge in [-0.05, 0) is 25.5 Å². The van der Waals surface area contributed by atoms with Gasteiger partial charge in [0.15, 0.2) is 0 Å². The molecular weight excluding hydrogens is 324 g/mol. The van der Waals surface area contributed by atoms with E-state index in [0.717, 1.165) is 12.2 Å². The molecule has 0 saturated carbocycles. The number of methoxy groups -OCH3 is 1. The van der Waals surface area contributed by atoms with Gasteiger partial charge in [0.1, 0.15) is 5.82 Å². The van der Waals surface area contributed by atoms with E-state index in [1.54, 1.807) is 31.2 Å². The standard InChI is InChI=1S/C17H26N4O4/c1-3-25-17(23)21-10-8-20(9-11-21)15-6-5-14(13-19-15)16(22)18-7-4-12-24-2/h5-6,13H,3-4,7-12H2,1-2H3,(H,18,22). The normalized spacial score (nSPS) is 14.3. The number of nitrogens with zero attached hydrogens (tertiary/aromatic N) is 3. The molecule has 1 aliphatic heterocycles. The zero-order chi connectivity index (χ0) is 18.1. The van der Waals surface area contributed by atoms with Crippen molar-refractivity contribution < 1.29 is 19.1 Å². The Morgan fingerprint density at radius 3 is 2.60 bits per heavy atom. The zero-order valence-corrected chi connectivity index (χ0v) is 14.9. The van der Waals surface area contributed by atoms with Gasteiger partial charge in [-0.2, -0.15) is 0 Å². The summed E-state index contributed by atoms with van der Waals surface area (Å²) in [5, 5.41) is 2.83. The molecule has 1 N–H and O–H groups in total. The molecule has 138 valence electrons. The molecule has 0 atom stereocenters. The van der Waals surface area contributed by atoms with Gasteiger partial charge in [0.25, 0.3) is 5.91 Å². The number of hydrogen-bond donors (Lipinski definition) is 1. The molecule has 25 heavy (non-hydrogen) atoms. The van der Waals surface area contributed by atoms with Crippen LogP contribution in [-0.2, 0) is 9.47 Å². The van der Waals surface area contributed by atoms with Gasteiger partial charge >= 0.3 is 6.09 Å². The van der Waals surface area contributed by atoms with Crippen molar-refractivity contribution in [3.05, 3.63) is 23.9 Å². The van der Waals surface area contributed by atoms with Crippen LogP contribution in [0.5, 0.6) is 0 Å². The molecule has 1 aromatic heterocycles. The number of pyridine rings is 1. The topological polar surface area (TPSA) is 84.0 Å². The Balaban J connectivity index is 1.82. The Morgan fingerprint density at radius 1 is 1.24 bits per heavy atom. The fourth-order valence-corrected chi connectivity index (χ4v) is 2.56. The minimum Gasteiger partial charge on any atom is -0.450 e. The third kappa shape index (κ3) is 5.60. The minimum absolute atomic E-state index is 0.137. The highest BCUT2D eigenvalue weighted by Crippen LogP contribution is 2.14. The smallest absolute Gasteiger partial charge is 0.409 e. The average Bonchev–Trinajstić information content (AvgIpc) is 2.65. The molecule has 1 aromatic rings. The van der Waals surface area contributed by atoms with Gasteiger partial charge in [-0.3, -0.25) is 4.79 Å². The molecule has 8 nitrogen and oxygen atoms in total. The predicted molar refractivity (Wildman–Crippen MR) is 93.9 cm³/mol. The van der Waals surface area contributed by atoms with Crippen molar-refractivity contribution in [2.24, 2.45) is 0 Å². The lowest BCUT2D eigenvalue weighted by Gasteiger charge is -2.34. The molecule has 0 aliphatic carbocycles. The van der Waals surface area contributed by atoms with Crippen LogP contribution in [0.25, 0.3) is 0 Å². The van der Waals surface area contributed by atoms with Crippen LogP contribution >= 0.6 is 0 Å². The largest absolute Gasteiger partial charge is 0.450 e. The first-order valence-electron chi connectivity index (χ1n) is 8.55. The second-order valence-corrected chi connectivity index (χ2v) is 5.68. The van der Waals surface area contributed by atoms with Gasteiger partial charge in [-0.1, -0.05) is 0 Å². The predicted octanol–water partition coefficient (Wildman–Crippen LogP) is 1.13. The molecule has 2 rings (SSSR count). The Labute approximate surface area is 148 Å². The highest BCUT2D eigenvalue weighted by Gasteiger charge is 2.22. The Morgan fingerprint density at radius 2 is 2.00 bits per heavy atom. The van der Waals surface area contributed by atoms with E-state index < -0.39 is 0 Å². The van der Waals surface area contributed by atoms with Crippen LogP contribution in [0.15, 0.2) is 18.3 Å². The van der Waals surface area contributed by atoms with Crippen molar-refractivity contribution in [1.82, 2.24) is 15.2 Å². The first-order chi connectivity index (χ1) is 12.2. The quantitative estimate of drug-likeness (QED) is 0.742. The summed E-state index contributed by atoms with van der Waals surface area (Å²) in [7, 11) is 1.64. The van der Waals surface area contributed by atoms with Crippen LogP contribution in [0, 0.1) is 0 Å². The molecule has 0 bridgehead atoms. The monoisotopic (exact) mass is 350 g/mol. The molecule has 1 saturated heterocycles. The number of carbonyl (C=O) groups excluding carboxylic acids is 2. The van der Waals surface area contributed by atoms with Gasteiger partial charge < -0.3 is 24.6 Å². The fourth-order valence-electron chi connectivity index (χ4n) is 2.56. The second kappa shape index (κ2) is 9.83. The zero-order valence-electron chi connectivity index (χ0n) is 14.9. The maximum absolute atomic E-state index is 12.0. The summed E-state index contributed by atoms with van der Waals surface area (Å²) in [6.45, 7) is 5.95.